The Morgan fingerprint density at radius 1 is 0.955 bits per heavy atom. The lowest BCUT2D eigenvalue weighted by molar-refractivity contribution is 0.322. The molecule has 0 spiro atoms. The first-order valence-corrected chi connectivity index (χ1v) is 10.3. The van der Waals surface area contributed by atoms with Crippen molar-refractivity contribution >= 4 is 14.5 Å². The van der Waals surface area contributed by atoms with Gasteiger partial charge in [-0.15, -0.1) is 0 Å². The summed E-state index contributed by atoms with van der Waals surface area (Å²) in [5.41, 5.74) is 4.75. The number of hydrogen-bond acceptors (Lipinski definition) is 3. The Labute approximate surface area is 136 Å². The van der Waals surface area contributed by atoms with Gasteiger partial charge in [0.1, 0.15) is 5.75 Å². The molecule has 0 aliphatic heterocycles. The molecule has 0 fully saturated rings. The van der Waals surface area contributed by atoms with Crippen LogP contribution in [0.3, 0.4) is 0 Å². The standard InChI is InChI=1S/C18H31NO2Si/c1-12(2)22(13(3)4,14(5)6)21-17-9-15(7)18(11-19-20)16(8)10-17/h9-14,20H,1-8H3. The highest BCUT2D eigenvalue weighted by atomic mass is 28.4. The second-order valence-electron chi connectivity index (χ2n) is 7.14. The minimum Gasteiger partial charge on any atom is -0.543 e. The van der Waals surface area contributed by atoms with Gasteiger partial charge in [-0.1, -0.05) is 46.7 Å². The third-order valence-corrected chi connectivity index (χ3v) is 10.8. The molecule has 4 heteroatoms. The zero-order valence-electron chi connectivity index (χ0n) is 15.3. The van der Waals surface area contributed by atoms with Crippen LogP contribution in [0.2, 0.25) is 16.6 Å². The molecule has 0 heterocycles. The molecular formula is C18H31NO2Si. The number of benzene rings is 1. The van der Waals surface area contributed by atoms with Crippen molar-refractivity contribution in [3.05, 3.63) is 28.8 Å². The van der Waals surface area contributed by atoms with Crippen LogP contribution >= 0.6 is 0 Å². The molecule has 0 bridgehead atoms. The molecule has 22 heavy (non-hydrogen) atoms. The Hall–Kier alpha value is -1.29. The Morgan fingerprint density at radius 3 is 1.68 bits per heavy atom. The van der Waals surface area contributed by atoms with Crippen LogP contribution in [-0.4, -0.2) is 19.7 Å². The van der Waals surface area contributed by atoms with E-state index in [1.54, 1.807) is 0 Å². The first-order valence-electron chi connectivity index (χ1n) is 8.14. The molecule has 3 nitrogen and oxygen atoms in total. The molecule has 1 N–H and O–H groups in total. The fourth-order valence-electron chi connectivity index (χ4n) is 3.81. The van der Waals surface area contributed by atoms with Crippen LogP contribution in [0, 0.1) is 13.8 Å². The zero-order chi connectivity index (χ0) is 17.1. The lowest BCUT2D eigenvalue weighted by atomic mass is 10.0. The van der Waals surface area contributed by atoms with Crippen LogP contribution in [0.15, 0.2) is 17.3 Å². The molecule has 0 amide bonds. The minimum atomic E-state index is -1.93. The molecule has 124 valence electrons. The van der Waals surface area contributed by atoms with E-state index in [0.717, 1.165) is 22.4 Å². The van der Waals surface area contributed by atoms with Gasteiger partial charge in [0.25, 0.3) is 8.32 Å². The number of nitrogens with zero attached hydrogens (tertiary/aromatic N) is 1. The summed E-state index contributed by atoms with van der Waals surface area (Å²) in [4.78, 5) is 0. The van der Waals surface area contributed by atoms with Gasteiger partial charge in [-0.25, -0.2) is 0 Å². The van der Waals surface area contributed by atoms with E-state index >= 15 is 0 Å². The third kappa shape index (κ3) is 3.54. The van der Waals surface area contributed by atoms with Crippen LogP contribution in [0.4, 0.5) is 0 Å². The van der Waals surface area contributed by atoms with Crippen LogP contribution in [0.25, 0.3) is 0 Å². The van der Waals surface area contributed by atoms with Gasteiger partial charge in [-0.2, -0.15) is 0 Å². The molecule has 1 aromatic carbocycles. The van der Waals surface area contributed by atoms with E-state index in [2.05, 4.69) is 58.8 Å². The summed E-state index contributed by atoms with van der Waals surface area (Å²) in [5, 5.41) is 11.9. The predicted molar refractivity (Wildman–Crippen MR) is 97.0 cm³/mol. The molecule has 0 saturated heterocycles. The predicted octanol–water partition coefficient (Wildman–Crippen LogP) is 5.67. The summed E-state index contributed by atoms with van der Waals surface area (Å²) < 4.78 is 6.71. The summed E-state index contributed by atoms with van der Waals surface area (Å²) in [6, 6.07) is 4.14. The Balaban J connectivity index is 3.31. The lowest BCUT2D eigenvalue weighted by Gasteiger charge is -2.42. The van der Waals surface area contributed by atoms with Gasteiger partial charge in [-0.05, 0) is 53.7 Å². The topological polar surface area (TPSA) is 41.8 Å². The average molecular weight is 322 g/mol. The van der Waals surface area contributed by atoms with Crippen molar-refractivity contribution in [2.75, 3.05) is 0 Å². The highest BCUT2D eigenvalue weighted by Crippen LogP contribution is 2.43. The Bertz CT molecular complexity index is 491. The van der Waals surface area contributed by atoms with E-state index in [4.69, 9.17) is 9.63 Å². The number of hydrogen-bond donors (Lipinski definition) is 1. The molecule has 0 radical (unpaired) electrons. The second-order valence-corrected chi connectivity index (χ2v) is 12.5. The first-order chi connectivity index (χ1) is 10.2. The molecular weight excluding hydrogens is 290 g/mol. The van der Waals surface area contributed by atoms with E-state index in [9.17, 15) is 0 Å². The lowest BCUT2D eigenvalue weighted by Crippen LogP contribution is -2.50. The van der Waals surface area contributed by atoms with Crippen molar-refractivity contribution in [3.8, 4) is 5.75 Å². The van der Waals surface area contributed by atoms with E-state index in [1.807, 2.05) is 13.8 Å². The molecule has 0 aliphatic carbocycles. The third-order valence-electron chi connectivity index (χ3n) is 4.76. The summed E-state index contributed by atoms with van der Waals surface area (Å²) in [6.45, 7) is 17.8. The van der Waals surface area contributed by atoms with Gasteiger partial charge in [-0.3, -0.25) is 0 Å². The quantitative estimate of drug-likeness (QED) is 0.317. The minimum absolute atomic E-state index is 0.548. The van der Waals surface area contributed by atoms with Gasteiger partial charge in [0.2, 0.25) is 0 Å². The number of oxime groups is 1. The molecule has 0 unspecified atom stereocenters. The molecule has 0 aliphatic rings. The fourth-order valence-corrected chi connectivity index (χ4v) is 9.05. The maximum Gasteiger partial charge on any atom is 0.258 e. The van der Waals surface area contributed by atoms with Crippen molar-refractivity contribution in [3.63, 3.8) is 0 Å². The van der Waals surface area contributed by atoms with Crippen molar-refractivity contribution in [1.29, 1.82) is 0 Å². The second kappa shape index (κ2) is 7.31. The molecule has 0 saturated carbocycles. The smallest absolute Gasteiger partial charge is 0.258 e. The Morgan fingerprint density at radius 2 is 1.36 bits per heavy atom. The van der Waals surface area contributed by atoms with Gasteiger partial charge < -0.3 is 9.63 Å². The number of aryl methyl sites for hydroxylation is 2. The fraction of sp³-hybridized carbons (Fsp3) is 0.611. The van der Waals surface area contributed by atoms with Crippen LogP contribution in [0.1, 0.15) is 58.2 Å². The van der Waals surface area contributed by atoms with Crippen LogP contribution in [0.5, 0.6) is 5.75 Å². The van der Waals surface area contributed by atoms with E-state index in [1.165, 1.54) is 6.21 Å². The molecule has 1 rings (SSSR count). The summed E-state index contributed by atoms with van der Waals surface area (Å²) in [5.74, 6) is 0.952. The van der Waals surface area contributed by atoms with Crippen LogP contribution in [-0.2, 0) is 0 Å². The summed E-state index contributed by atoms with van der Waals surface area (Å²) >= 11 is 0. The maximum atomic E-state index is 8.79. The maximum absolute atomic E-state index is 8.79. The highest BCUT2D eigenvalue weighted by Gasteiger charge is 2.47. The zero-order valence-corrected chi connectivity index (χ0v) is 16.3. The van der Waals surface area contributed by atoms with E-state index in [0.29, 0.717) is 16.6 Å². The summed E-state index contributed by atoms with van der Waals surface area (Å²) in [7, 11) is -1.93. The summed E-state index contributed by atoms with van der Waals surface area (Å²) in [6.07, 6.45) is 1.49. The van der Waals surface area contributed by atoms with Gasteiger partial charge in [0, 0.05) is 5.56 Å². The van der Waals surface area contributed by atoms with Gasteiger partial charge in [0.05, 0.1) is 6.21 Å². The molecule has 0 aromatic heterocycles. The normalized spacial score (nSPS) is 12.9. The van der Waals surface area contributed by atoms with E-state index < -0.39 is 8.32 Å². The van der Waals surface area contributed by atoms with E-state index in [-0.39, 0.29) is 0 Å². The number of rotatable bonds is 6. The average Bonchev–Trinajstić information content (AvgIpc) is 2.38. The monoisotopic (exact) mass is 321 g/mol. The van der Waals surface area contributed by atoms with Gasteiger partial charge in [0.15, 0.2) is 0 Å². The highest BCUT2D eigenvalue weighted by molar-refractivity contribution is 6.78. The SMILES string of the molecule is Cc1cc(O[Si](C(C)C)(C(C)C)C(C)C)cc(C)c1C=NO. The van der Waals surface area contributed by atoms with Gasteiger partial charge >= 0.3 is 0 Å². The van der Waals surface area contributed by atoms with Crippen LogP contribution < -0.4 is 4.43 Å². The largest absolute Gasteiger partial charge is 0.543 e. The van der Waals surface area contributed by atoms with Crippen molar-refractivity contribution in [2.24, 2.45) is 5.16 Å². The Kier molecular flexibility index (Phi) is 6.24. The van der Waals surface area contributed by atoms with Crippen molar-refractivity contribution < 1.29 is 9.63 Å². The molecule has 0 atom stereocenters. The first kappa shape index (κ1) is 18.8. The van der Waals surface area contributed by atoms with Crippen molar-refractivity contribution in [1.82, 2.24) is 0 Å². The molecule has 1 aromatic rings. The van der Waals surface area contributed by atoms with Crippen molar-refractivity contribution in [2.45, 2.75) is 72.0 Å².